The molecule has 2 N–H and O–H groups in total. The number of methoxy groups -OCH3 is 2. The summed E-state index contributed by atoms with van der Waals surface area (Å²) in [5.41, 5.74) is 1.94. The van der Waals surface area contributed by atoms with Crippen molar-refractivity contribution >= 4 is 11.6 Å². The summed E-state index contributed by atoms with van der Waals surface area (Å²) in [5.74, 6) is 1.83. The van der Waals surface area contributed by atoms with Crippen LogP contribution in [0.4, 0.5) is 11.6 Å². The molecule has 0 saturated heterocycles. The Labute approximate surface area is 139 Å². The van der Waals surface area contributed by atoms with E-state index in [4.69, 9.17) is 9.47 Å². The van der Waals surface area contributed by atoms with Gasteiger partial charge < -0.3 is 14.8 Å². The Kier molecular flexibility index (Phi) is 4.47. The molecule has 24 heavy (non-hydrogen) atoms. The van der Waals surface area contributed by atoms with Crippen LogP contribution in [0, 0.1) is 0 Å². The van der Waals surface area contributed by atoms with Crippen molar-refractivity contribution in [2.45, 2.75) is 0 Å². The third-order valence-electron chi connectivity index (χ3n) is 3.46. The number of benzene rings is 2. The molecule has 0 aliphatic carbocycles. The summed E-state index contributed by atoms with van der Waals surface area (Å²) in [6.07, 6.45) is 0. The second-order valence-corrected chi connectivity index (χ2v) is 5.06. The molecule has 122 valence electrons. The van der Waals surface area contributed by atoms with Crippen LogP contribution in [0.3, 0.4) is 0 Å². The summed E-state index contributed by atoms with van der Waals surface area (Å²) in [6, 6.07) is 16.2. The molecular formula is C18H17N3O3. The molecule has 1 aromatic heterocycles. The van der Waals surface area contributed by atoms with E-state index in [9.17, 15) is 4.79 Å². The van der Waals surface area contributed by atoms with Crippen LogP contribution in [0.2, 0.25) is 0 Å². The molecule has 0 radical (unpaired) electrons. The molecule has 0 fully saturated rings. The van der Waals surface area contributed by atoms with E-state index in [0.29, 0.717) is 17.4 Å². The molecule has 2 aromatic carbocycles. The first kappa shape index (κ1) is 15.6. The van der Waals surface area contributed by atoms with E-state index in [1.807, 2.05) is 48.5 Å². The van der Waals surface area contributed by atoms with E-state index in [1.54, 1.807) is 14.2 Å². The van der Waals surface area contributed by atoms with E-state index in [1.165, 1.54) is 6.07 Å². The summed E-state index contributed by atoms with van der Waals surface area (Å²) in [4.78, 5) is 19.1. The zero-order valence-corrected chi connectivity index (χ0v) is 13.4. The highest BCUT2D eigenvalue weighted by atomic mass is 16.5. The molecule has 3 rings (SSSR count). The minimum atomic E-state index is -0.235. The van der Waals surface area contributed by atoms with Gasteiger partial charge >= 0.3 is 0 Å². The maximum atomic E-state index is 11.9. The van der Waals surface area contributed by atoms with Gasteiger partial charge in [-0.3, -0.25) is 9.78 Å². The number of hydrogen-bond donors (Lipinski definition) is 2. The van der Waals surface area contributed by atoms with Crippen molar-refractivity contribution < 1.29 is 9.47 Å². The third-order valence-corrected chi connectivity index (χ3v) is 3.46. The van der Waals surface area contributed by atoms with E-state index in [2.05, 4.69) is 15.3 Å². The largest absolute Gasteiger partial charge is 0.497 e. The van der Waals surface area contributed by atoms with Gasteiger partial charge in [0.15, 0.2) is 0 Å². The molecule has 6 heteroatoms. The smallest absolute Gasteiger partial charge is 0.252 e. The topological polar surface area (TPSA) is 76.2 Å². The lowest BCUT2D eigenvalue weighted by Crippen LogP contribution is -2.10. The highest BCUT2D eigenvalue weighted by Gasteiger charge is 2.05. The summed E-state index contributed by atoms with van der Waals surface area (Å²) in [5, 5.41) is 3.08. The Morgan fingerprint density at radius 2 is 1.71 bits per heavy atom. The normalized spacial score (nSPS) is 10.2. The van der Waals surface area contributed by atoms with Crippen molar-refractivity contribution in [2.75, 3.05) is 19.5 Å². The van der Waals surface area contributed by atoms with Crippen LogP contribution in [0.5, 0.6) is 11.5 Å². The molecule has 0 unspecified atom stereocenters. The number of anilines is 2. The van der Waals surface area contributed by atoms with E-state index in [0.717, 1.165) is 17.0 Å². The first-order valence-electron chi connectivity index (χ1n) is 7.35. The molecule has 0 saturated carbocycles. The maximum Gasteiger partial charge on any atom is 0.252 e. The number of rotatable bonds is 5. The van der Waals surface area contributed by atoms with Gasteiger partial charge in [-0.15, -0.1) is 0 Å². The summed E-state index contributed by atoms with van der Waals surface area (Å²) in [6.45, 7) is 0. The molecule has 1 heterocycles. The fraction of sp³-hybridized carbons (Fsp3) is 0.111. The second-order valence-electron chi connectivity index (χ2n) is 5.06. The van der Waals surface area contributed by atoms with Gasteiger partial charge in [0.05, 0.1) is 19.9 Å². The Bertz CT molecular complexity index is 889. The second kappa shape index (κ2) is 6.87. The van der Waals surface area contributed by atoms with E-state index >= 15 is 0 Å². The predicted molar refractivity (Wildman–Crippen MR) is 93.1 cm³/mol. The van der Waals surface area contributed by atoms with Crippen molar-refractivity contribution in [3.63, 3.8) is 0 Å². The average molecular weight is 323 g/mol. The lowest BCUT2D eigenvalue weighted by molar-refractivity contribution is 0.415. The molecule has 0 aliphatic rings. The monoisotopic (exact) mass is 323 g/mol. The van der Waals surface area contributed by atoms with Gasteiger partial charge in [-0.2, -0.15) is 0 Å². The molecule has 0 spiro atoms. The zero-order valence-electron chi connectivity index (χ0n) is 13.4. The Hall–Kier alpha value is -3.28. The van der Waals surface area contributed by atoms with Crippen LogP contribution in [0.25, 0.3) is 11.3 Å². The molecule has 0 atom stereocenters. The van der Waals surface area contributed by atoms with Gasteiger partial charge in [-0.05, 0) is 36.4 Å². The van der Waals surface area contributed by atoms with Crippen molar-refractivity contribution in [1.29, 1.82) is 0 Å². The molecule has 6 nitrogen and oxygen atoms in total. The van der Waals surface area contributed by atoms with Gasteiger partial charge in [0.2, 0.25) is 5.95 Å². The summed E-state index contributed by atoms with van der Waals surface area (Å²) >= 11 is 0. The van der Waals surface area contributed by atoms with Crippen LogP contribution in [-0.4, -0.2) is 24.2 Å². The van der Waals surface area contributed by atoms with Crippen molar-refractivity contribution in [2.24, 2.45) is 0 Å². The molecule has 0 bridgehead atoms. The van der Waals surface area contributed by atoms with Crippen LogP contribution in [-0.2, 0) is 0 Å². The zero-order chi connectivity index (χ0) is 16.9. The van der Waals surface area contributed by atoms with Crippen LogP contribution in [0.15, 0.2) is 59.4 Å². The maximum absolute atomic E-state index is 11.9. The van der Waals surface area contributed by atoms with Gasteiger partial charge in [0.1, 0.15) is 11.5 Å². The van der Waals surface area contributed by atoms with E-state index in [-0.39, 0.29) is 5.56 Å². The fourth-order valence-electron chi connectivity index (χ4n) is 2.26. The lowest BCUT2D eigenvalue weighted by atomic mass is 10.1. The number of aromatic nitrogens is 2. The molecule has 0 aliphatic heterocycles. The summed E-state index contributed by atoms with van der Waals surface area (Å²) in [7, 11) is 3.21. The van der Waals surface area contributed by atoms with Gasteiger partial charge in [0.25, 0.3) is 5.56 Å². The van der Waals surface area contributed by atoms with Crippen LogP contribution >= 0.6 is 0 Å². The van der Waals surface area contributed by atoms with Crippen LogP contribution < -0.4 is 20.3 Å². The van der Waals surface area contributed by atoms with Gasteiger partial charge in [-0.1, -0.05) is 6.07 Å². The number of hydrogen-bond acceptors (Lipinski definition) is 5. The average Bonchev–Trinajstić information content (AvgIpc) is 2.61. The first-order chi connectivity index (χ1) is 11.7. The summed E-state index contributed by atoms with van der Waals surface area (Å²) < 4.78 is 10.3. The highest BCUT2D eigenvalue weighted by molar-refractivity contribution is 5.63. The Balaban J connectivity index is 1.91. The molecule has 3 aromatic rings. The lowest BCUT2D eigenvalue weighted by Gasteiger charge is -2.09. The Morgan fingerprint density at radius 1 is 0.958 bits per heavy atom. The van der Waals surface area contributed by atoms with Gasteiger partial charge in [-0.25, -0.2) is 4.98 Å². The van der Waals surface area contributed by atoms with Gasteiger partial charge in [0, 0.05) is 23.4 Å². The minimum absolute atomic E-state index is 0.235. The quantitative estimate of drug-likeness (QED) is 0.754. The molecule has 0 amide bonds. The van der Waals surface area contributed by atoms with Crippen molar-refractivity contribution in [1.82, 2.24) is 9.97 Å². The standard InChI is InChI=1S/C18H17N3O3/c1-23-14-8-6-12(7-9-14)16-11-17(22)21-18(20-16)19-13-4-3-5-15(10-13)24-2/h3-11H,1-2H3,(H2,19,20,21,22). The third kappa shape index (κ3) is 3.55. The number of ether oxygens (including phenoxy) is 2. The fourth-order valence-corrected chi connectivity index (χ4v) is 2.26. The van der Waals surface area contributed by atoms with Crippen LogP contribution in [0.1, 0.15) is 0 Å². The number of aromatic amines is 1. The minimum Gasteiger partial charge on any atom is -0.497 e. The van der Waals surface area contributed by atoms with Crippen molar-refractivity contribution in [3.05, 3.63) is 65.0 Å². The Morgan fingerprint density at radius 3 is 2.42 bits per heavy atom. The number of H-pyrrole nitrogens is 1. The number of nitrogens with one attached hydrogen (secondary N) is 2. The predicted octanol–water partition coefficient (Wildman–Crippen LogP) is 3.20. The SMILES string of the molecule is COc1ccc(-c2cc(=O)[nH]c(Nc3cccc(OC)c3)n2)cc1. The highest BCUT2D eigenvalue weighted by Crippen LogP contribution is 2.22. The molecular weight excluding hydrogens is 306 g/mol. The first-order valence-corrected chi connectivity index (χ1v) is 7.35. The number of nitrogens with zero attached hydrogens (tertiary/aromatic N) is 1. The van der Waals surface area contributed by atoms with E-state index < -0.39 is 0 Å². The van der Waals surface area contributed by atoms with Crippen molar-refractivity contribution in [3.8, 4) is 22.8 Å².